The fourth-order valence-corrected chi connectivity index (χ4v) is 2.21. The van der Waals surface area contributed by atoms with Gasteiger partial charge in [-0.15, -0.1) is 0 Å². The molecule has 2 unspecified atom stereocenters. The molecule has 2 atom stereocenters. The van der Waals surface area contributed by atoms with Crippen LogP contribution in [0.5, 0.6) is 0 Å². The second kappa shape index (κ2) is 5.98. The van der Waals surface area contributed by atoms with Crippen LogP contribution in [-0.2, 0) is 9.59 Å². The molecule has 4 nitrogen and oxygen atoms in total. The van der Waals surface area contributed by atoms with E-state index in [1.165, 1.54) is 12.1 Å². The summed E-state index contributed by atoms with van der Waals surface area (Å²) in [5.74, 6) is -2.89. The number of hydrogen-bond acceptors (Lipinski definition) is 2. The van der Waals surface area contributed by atoms with Crippen molar-refractivity contribution in [2.45, 2.75) is 25.2 Å². The molecule has 0 saturated heterocycles. The Labute approximate surface area is 114 Å². The van der Waals surface area contributed by atoms with Crippen LogP contribution in [0.25, 0.3) is 0 Å². The van der Waals surface area contributed by atoms with Gasteiger partial charge in [0.1, 0.15) is 11.6 Å². The molecule has 1 aliphatic rings. The van der Waals surface area contributed by atoms with Crippen molar-refractivity contribution in [3.8, 4) is 0 Å². The van der Waals surface area contributed by atoms with Crippen LogP contribution in [0.2, 0.25) is 0 Å². The molecule has 0 heterocycles. The van der Waals surface area contributed by atoms with Gasteiger partial charge in [0.15, 0.2) is 0 Å². The van der Waals surface area contributed by atoms with Gasteiger partial charge >= 0.3 is 5.97 Å². The smallest absolute Gasteiger partial charge is 0.303 e. The number of rotatable bonds is 6. The van der Waals surface area contributed by atoms with Gasteiger partial charge in [0.05, 0.1) is 0 Å². The molecule has 1 saturated carbocycles. The van der Waals surface area contributed by atoms with E-state index in [0.29, 0.717) is 24.9 Å². The van der Waals surface area contributed by atoms with Crippen molar-refractivity contribution in [1.82, 2.24) is 5.32 Å². The highest BCUT2D eigenvalue weighted by molar-refractivity contribution is 5.82. The highest BCUT2D eigenvalue weighted by Crippen LogP contribution is 2.48. The predicted molar refractivity (Wildman–Crippen MR) is 67.1 cm³/mol. The Morgan fingerprint density at radius 1 is 1.35 bits per heavy atom. The molecule has 0 spiro atoms. The maximum Gasteiger partial charge on any atom is 0.303 e. The molecule has 1 aromatic carbocycles. The van der Waals surface area contributed by atoms with E-state index >= 15 is 0 Å². The standard InChI is InChI=1S/C14H15F2NO3/c15-8-3-4-9(12(16)6-8)10-7-11(10)14(20)17-5-1-2-13(18)19/h3-4,6,10-11H,1-2,5,7H2,(H,17,20)(H,18,19). The maximum atomic E-state index is 13.5. The molecule has 1 aromatic rings. The Morgan fingerprint density at radius 2 is 2.10 bits per heavy atom. The van der Waals surface area contributed by atoms with Crippen LogP contribution >= 0.6 is 0 Å². The highest BCUT2D eigenvalue weighted by atomic mass is 19.1. The van der Waals surface area contributed by atoms with Crippen molar-refractivity contribution in [3.63, 3.8) is 0 Å². The van der Waals surface area contributed by atoms with Crippen molar-refractivity contribution in [3.05, 3.63) is 35.4 Å². The first-order valence-corrected chi connectivity index (χ1v) is 6.43. The summed E-state index contributed by atoms with van der Waals surface area (Å²) in [6, 6.07) is 3.36. The molecule has 1 amide bonds. The highest BCUT2D eigenvalue weighted by Gasteiger charge is 2.45. The van der Waals surface area contributed by atoms with E-state index in [9.17, 15) is 18.4 Å². The van der Waals surface area contributed by atoms with E-state index in [0.717, 1.165) is 6.07 Å². The van der Waals surface area contributed by atoms with Crippen LogP contribution in [0, 0.1) is 17.6 Å². The van der Waals surface area contributed by atoms with Crippen LogP contribution < -0.4 is 5.32 Å². The molecule has 2 rings (SSSR count). The van der Waals surface area contributed by atoms with Crippen LogP contribution in [-0.4, -0.2) is 23.5 Å². The first-order chi connectivity index (χ1) is 9.49. The Morgan fingerprint density at radius 3 is 2.75 bits per heavy atom. The second-order valence-corrected chi connectivity index (χ2v) is 4.90. The van der Waals surface area contributed by atoms with Gasteiger partial charge in [-0.3, -0.25) is 9.59 Å². The van der Waals surface area contributed by atoms with Crippen LogP contribution in [0.1, 0.15) is 30.7 Å². The van der Waals surface area contributed by atoms with E-state index in [1.807, 2.05) is 0 Å². The molecule has 1 fully saturated rings. The van der Waals surface area contributed by atoms with Gasteiger partial charge in [0, 0.05) is 24.9 Å². The first-order valence-electron chi connectivity index (χ1n) is 6.43. The van der Waals surface area contributed by atoms with E-state index in [1.54, 1.807) is 0 Å². The number of carbonyl (C=O) groups excluding carboxylic acids is 1. The zero-order valence-corrected chi connectivity index (χ0v) is 10.7. The Kier molecular flexibility index (Phi) is 4.32. The second-order valence-electron chi connectivity index (χ2n) is 4.90. The van der Waals surface area contributed by atoms with E-state index in [4.69, 9.17) is 5.11 Å². The third kappa shape index (κ3) is 3.53. The monoisotopic (exact) mass is 283 g/mol. The third-order valence-corrected chi connectivity index (χ3v) is 3.36. The summed E-state index contributed by atoms with van der Waals surface area (Å²) in [5, 5.41) is 11.1. The summed E-state index contributed by atoms with van der Waals surface area (Å²) in [6.07, 6.45) is 0.900. The van der Waals surface area contributed by atoms with Gasteiger partial charge in [-0.1, -0.05) is 6.07 Å². The van der Waals surface area contributed by atoms with Gasteiger partial charge < -0.3 is 10.4 Å². The minimum Gasteiger partial charge on any atom is -0.481 e. The maximum absolute atomic E-state index is 13.5. The molecular formula is C14H15F2NO3. The summed E-state index contributed by atoms with van der Waals surface area (Å²) in [4.78, 5) is 22.1. The average Bonchev–Trinajstić information content (AvgIpc) is 3.14. The lowest BCUT2D eigenvalue weighted by atomic mass is 10.1. The predicted octanol–water partition coefficient (Wildman–Crippen LogP) is 2.05. The minimum atomic E-state index is -0.906. The first kappa shape index (κ1) is 14.4. The molecule has 0 bridgehead atoms. The van der Waals surface area contributed by atoms with Gasteiger partial charge in [-0.05, 0) is 30.4 Å². The van der Waals surface area contributed by atoms with Gasteiger partial charge in [-0.25, -0.2) is 8.78 Å². The number of aliphatic carboxylic acids is 1. The van der Waals surface area contributed by atoms with Gasteiger partial charge in [0.25, 0.3) is 0 Å². The van der Waals surface area contributed by atoms with Crippen molar-refractivity contribution in [2.75, 3.05) is 6.54 Å². The molecule has 1 aliphatic carbocycles. The van der Waals surface area contributed by atoms with Gasteiger partial charge in [-0.2, -0.15) is 0 Å². The van der Waals surface area contributed by atoms with E-state index in [-0.39, 0.29) is 24.2 Å². The molecule has 20 heavy (non-hydrogen) atoms. The summed E-state index contributed by atoms with van der Waals surface area (Å²) in [6.45, 7) is 0.292. The SMILES string of the molecule is O=C(O)CCCNC(=O)C1CC1c1ccc(F)cc1F. The third-order valence-electron chi connectivity index (χ3n) is 3.36. The fraction of sp³-hybridized carbons (Fsp3) is 0.429. The topological polar surface area (TPSA) is 66.4 Å². The molecular weight excluding hydrogens is 268 g/mol. The summed E-state index contributed by atoms with van der Waals surface area (Å²) >= 11 is 0. The van der Waals surface area contributed by atoms with E-state index < -0.39 is 17.6 Å². The van der Waals surface area contributed by atoms with Gasteiger partial charge in [0.2, 0.25) is 5.91 Å². The van der Waals surface area contributed by atoms with Crippen molar-refractivity contribution in [2.24, 2.45) is 5.92 Å². The van der Waals surface area contributed by atoms with Crippen LogP contribution in [0.15, 0.2) is 18.2 Å². The summed E-state index contributed by atoms with van der Waals surface area (Å²) < 4.78 is 26.3. The quantitative estimate of drug-likeness (QED) is 0.785. The largest absolute Gasteiger partial charge is 0.481 e. The number of carboxylic acids is 1. The molecule has 108 valence electrons. The van der Waals surface area contributed by atoms with Crippen molar-refractivity contribution < 1.29 is 23.5 Å². The lowest BCUT2D eigenvalue weighted by Gasteiger charge is -2.05. The zero-order valence-electron chi connectivity index (χ0n) is 10.7. The van der Waals surface area contributed by atoms with Crippen molar-refractivity contribution in [1.29, 1.82) is 0 Å². The van der Waals surface area contributed by atoms with Crippen LogP contribution in [0.4, 0.5) is 8.78 Å². The summed E-state index contributed by atoms with van der Waals surface area (Å²) in [5.41, 5.74) is 0.358. The average molecular weight is 283 g/mol. The number of benzene rings is 1. The lowest BCUT2D eigenvalue weighted by molar-refractivity contribution is -0.137. The number of amides is 1. The molecule has 0 aliphatic heterocycles. The Balaban J connectivity index is 1.82. The fourth-order valence-electron chi connectivity index (χ4n) is 2.21. The Bertz CT molecular complexity index is 533. The van der Waals surface area contributed by atoms with E-state index in [2.05, 4.69) is 5.32 Å². The molecule has 6 heteroatoms. The molecule has 0 aromatic heterocycles. The zero-order chi connectivity index (χ0) is 14.7. The Hall–Kier alpha value is -1.98. The number of hydrogen-bond donors (Lipinski definition) is 2. The molecule has 0 radical (unpaired) electrons. The molecule has 2 N–H and O–H groups in total. The normalized spacial score (nSPS) is 20.5. The van der Waals surface area contributed by atoms with Crippen LogP contribution in [0.3, 0.4) is 0 Å². The minimum absolute atomic E-state index is 0.000958. The lowest BCUT2D eigenvalue weighted by Crippen LogP contribution is -2.26. The summed E-state index contributed by atoms with van der Waals surface area (Å²) in [7, 11) is 0. The number of carbonyl (C=O) groups is 2. The number of carboxylic acid groups (broad SMARTS) is 1. The number of nitrogens with one attached hydrogen (secondary N) is 1. The number of halogens is 2. The van der Waals surface area contributed by atoms with Crippen molar-refractivity contribution >= 4 is 11.9 Å².